The van der Waals surface area contributed by atoms with E-state index >= 15 is 0 Å². The first-order valence-corrected chi connectivity index (χ1v) is 13.3. The molecule has 4 nitrogen and oxygen atoms in total. The summed E-state index contributed by atoms with van der Waals surface area (Å²) in [5.74, 6) is 6.91. The van der Waals surface area contributed by atoms with Gasteiger partial charge in [-0.05, 0) is 47.6 Å². The van der Waals surface area contributed by atoms with Gasteiger partial charge in [0.1, 0.15) is 6.04 Å². The predicted molar refractivity (Wildman–Crippen MR) is 146 cm³/mol. The molecule has 1 unspecified atom stereocenters. The van der Waals surface area contributed by atoms with Gasteiger partial charge < -0.3 is 15.3 Å². The van der Waals surface area contributed by atoms with Crippen LogP contribution >= 0.6 is 0 Å². The largest absolute Gasteiger partial charge is 0.394 e. The maximum absolute atomic E-state index is 13.0. The molecule has 0 bridgehead atoms. The van der Waals surface area contributed by atoms with Crippen molar-refractivity contribution in [3.8, 4) is 23.0 Å². The molecule has 2 aromatic rings. The third kappa shape index (κ3) is 7.12. The number of benzene rings is 2. The highest BCUT2D eigenvalue weighted by molar-refractivity contribution is 5.87. The van der Waals surface area contributed by atoms with E-state index in [0.717, 1.165) is 40.8 Å². The maximum Gasteiger partial charge on any atom is 0.243 e. The molecule has 2 aromatic carbocycles. The number of hydrogen-bond acceptors (Lipinski definition) is 3. The second kappa shape index (κ2) is 13.4. The van der Waals surface area contributed by atoms with Crippen molar-refractivity contribution in [1.82, 2.24) is 5.32 Å². The van der Waals surface area contributed by atoms with Crippen molar-refractivity contribution in [3.05, 3.63) is 53.6 Å². The number of aliphatic hydroxyl groups excluding tert-OH is 1. The van der Waals surface area contributed by atoms with E-state index in [2.05, 4.69) is 79.2 Å². The Bertz CT molecular complexity index is 1030. The van der Waals surface area contributed by atoms with Crippen LogP contribution in [0.2, 0.25) is 0 Å². The number of anilines is 1. The van der Waals surface area contributed by atoms with E-state index in [4.69, 9.17) is 0 Å². The van der Waals surface area contributed by atoms with E-state index in [1.165, 1.54) is 32.1 Å². The van der Waals surface area contributed by atoms with Gasteiger partial charge in [-0.25, -0.2) is 0 Å². The van der Waals surface area contributed by atoms with Gasteiger partial charge >= 0.3 is 0 Å². The number of amides is 1. The lowest BCUT2D eigenvalue weighted by molar-refractivity contribution is -0.124. The van der Waals surface area contributed by atoms with Crippen LogP contribution in [0.25, 0.3) is 11.1 Å². The molecule has 1 aliphatic heterocycles. The molecule has 0 aliphatic carbocycles. The first-order valence-electron chi connectivity index (χ1n) is 13.3. The summed E-state index contributed by atoms with van der Waals surface area (Å²) in [5.41, 5.74) is 5.44. The number of rotatable bonds is 9. The minimum atomic E-state index is -0.300. The highest BCUT2D eigenvalue weighted by atomic mass is 16.3. The van der Waals surface area contributed by atoms with Crippen molar-refractivity contribution >= 4 is 11.6 Å². The van der Waals surface area contributed by atoms with Crippen LogP contribution < -0.4 is 10.2 Å². The Hall–Kier alpha value is -2.77. The monoisotopic (exact) mass is 474 g/mol. The van der Waals surface area contributed by atoms with Gasteiger partial charge in [-0.3, -0.25) is 4.79 Å². The van der Waals surface area contributed by atoms with E-state index in [-0.39, 0.29) is 30.5 Å². The minimum Gasteiger partial charge on any atom is -0.394 e. The molecule has 0 saturated heterocycles. The molecular weight excluding hydrogens is 432 g/mol. The van der Waals surface area contributed by atoms with E-state index in [0.29, 0.717) is 6.42 Å². The molecule has 1 heterocycles. The molecule has 2 N–H and O–H groups in total. The molecule has 188 valence electrons. The van der Waals surface area contributed by atoms with Crippen molar-refractivity contribution in [2.45, 2.75) is 84.2 Å². The van der Waals surface area contributed by atoms with Gasteiger partial charge in [0.15, 0.2) is 0 Å². The summed E-state index contributed by atoms with van der Waals surface area (Å²) in [4.78, 5) is 15.1. The Kier molecular flexibility index (Phi) is 10.2. The molecule has 3 rings (SSSR count). The number of nitrogens with one attached hydrogen (secondary N) is 1. The molecule has 1 aliphatic rings. The Morgan fingerprint density at radius 3 is 2.57 bits per heavy atom. The van der Waals surface area contributed by atoms with Crippen molar-refractivity contribution in [2.75, 3.05) is 18.6 Å². The number of carbonyl (C=O) groups is 1. The number of hydrogen-bond donors (Lipinski definition) is 2. The molecule has 0 spiro atoms. The molecule has 0 radical (unpaired) electrons. The van der Waals surface area contributed by atoms with Crippen LogP contribution in [0.3, 0.4) is 0 Å². The zero-order valence-corrected chi connectivity index (χ0v) is 21.9. The molecular formula is C31H42N2O2. The van der Waals surface area contributed by atoms with Gasteiger partial charge in [-0.15, -0.1) is 0 Å². The molecule has 2 atom stereocenters. The second-order valence-electron chi connectivity index (χ2n) is 10.1. The standard InChI is InChI=1S/C31H42N2O2/c1-5-6-7-8-9-10-11-12-15-24-16-13-14-17-28(24)25-18-19-26-20-27(22-34)32-31(35)30(23(2)3)33(4)29(26)21-25/h13-14,16-19,21,23,27,30,34H,5-11,20,22H2,1-4H3,(H,32,35)/t27?,30-/m0/s1. The summed E-state index contributed by atoms with van der Waals surface area (Å²) in [6, 6.07) is 14.2. The van der Waals surface area contributed by atoms with Gasteiger partial charge in [0.2, 0.25) is 5.91 Å². The molecule has 4 heteroatoms. The zero-order chi connectivity index (χ0) is 25.2. The van der Waals surface area contributed by atoms with Gasteiger partial charge in [0.05, 0.1) is 12.6 Å². The number of carbonyl (C=O) groups excluding carboxylic acids is 1. The summed E-state index contributed by atoms with van der Waals surface area (Å²) >= 11 is 0. The summed E-state index contributed by atoms with van der Waals surface area (Å²) in [6.07, 6.45) is 9.20. The van der Waals surface area contributed by atoms with E-state index in [9.17, 15) is 9.90 Å². The summed E-state index contributed by atoms with van der Waals surface area (Å²) in [5, 5.41) is 12.9. The predicted octanol–water partition coefficient (Wildman–Crippen LogP) is 5.95. The molecule has 0 fully saturated rings. The smallest absolute Gasteiger partial charge is 0.243 e. The van der Waals surface area contributed by atoms with Gasteiger partial charge in [0, 0.05) is 24.7 Å². The lowest BCUT2D eigenvalue weighted by Gasteiger charge is -2.37. The highest BCUT2D eigenvalue weighted by Gasteiger charge is 2.32. The Morgan fingerprint density at radius 1 is 1.09 bits per heavy atom. The van der Waals surface area contributed by atoms with Crippen LogP contribution in [0.15, 0.2) is 42.5 Å². The molecule has 1 amide bonds. The van der Waals surface area contributed by atoms with Crippen LogP contribution in [0.5, 0.6) is 0 Å². The average molecular weight is 475 g/mol. The number of aliphatic hydroxyl groups is 1. The minimum absolute atomic E-state index is 0.0291. The lowest BCUT2D eigenvalue weighted by Crippen LogP contribution is -2.54. The fourth-order valence-electron chi connectivity index (χ4n) is 5.02. The Morgan fingerprint density at radius 2 is 1.83 bits per heavy atom. The first-order chi connectivity index (χ1) is 17.0. The molecule has 0 saturated carbocycles. The lowest BCUT2D eigenvalue weighted by atomic mass is 9.92. The number of nitrogens with zero attached hydrogens (tertiary/aromatic N) is 1. The van der Waals surface area contributed by atoms with Gasteiger partial charge in [-0.2, -0.15) is 0 Å². The van der Waals surface area contributed by atoms with E-state index in [1.807, 2.05) is 13.1 Å². The number of fused-ring (bicyclic) bond motifs is 1. The van der Waals surface area contributed by atoms with E-state index in [1.54, 1.807) is 0 Å². The van der Waals surface area contributed by atoms with Crippen molar-refractivity contribution in [1.29, 1.82) is 0 Å². The van der Waals surface area contributed by atoms with Crippen molar-refractivity contribution in [3.63, 3.8) is 0 Å². The van der Waals surface area contributed by atoms with E-state index < -0.39 is 0 Å². The van der Waals surface area contributed by atoms with Gasteiger partial charge in [0.25, 0.3) is 0 Å². The number of likely N-dealkylation sites (N-methyl/N-ethyl adjacent to an activating group) is 1. The topological polar surface area (TPSA) is 52.6 Å². The van der Waals surface area contributed by atoms with Crippen LogP contribution in [0.1, 0.15) is 76.8 Å². The quantitative estimate of drug-likeness (QED) is 0.349. The fraction of sp³-hybridized carbons (Fsp3) is 0.516. The second-order valence-corrected chi connectivity index (χ2v) is 10.1. The molecule has 35 heavy (non-hydrogen) atoms. The first kappa shape index (κ1) is 26.8. The van der Waals surface area contributed by atoms with Crippen molar-refractivity contribution < 1.29 is 9.90 Å². The summed E-state index contributed by atoms with van der Waals surface area (Å²) in [7, 11) is 2.00. The average Bonchev–Trinajstić information content (AvgIpc) is 2.84. The van der Waals surface area contributed by atoms with Crippen molar-refractivity contribution in [2.24, 2.45) is 5.92 Å². The summed E-state index contributed by atoms with van der Waals surface area (Å²) < 4.78 is 0. The normalized spacial score (nSPS) is 17.8. The third-order valence-electron chi connectivity index (χ3n) is 6.93. The number of unbranched alkanes of at least 4 members (excludes halogenated alkanes) is 6. The Balaban J connectivity index is 1.86. The fourth-order valence-corrected chi connectivity index (χ4v) is 5.02. The third-order valence-corrected chi connectivity index (χ3v) is 6.93. The Labute approximate surface area is 212 Å². The molecule has 0 aromatic heterocycles. The van der Waals surface area contributed by atoms with Crippen LogP contribution in [0.4, 0.5) is 5.69 Å². The van der Waals surface area contributed by atoms with Gasteiger partial charge in [-0.1, -0.05) is 95.0 Å². The highest BCUT2D eigenvalue weighted by Crippen LogP contribution is 2.33. The zero-order valence-electron chi connectivity index (χ0n) is 21.9. The summed E-state index contributed by atoms with van der Waals surface area (Å²) in [6.45, 7) is 6.30. The maximum atomic E-state index is 13.0. The van der Waals surface area contributed by atoms with Crippen LogP contribution in [-0.2, 0) is 11.2 Å². The van der Waals surface area contributed by atoms with Crippen LogP contribution in [0, 0.1) is 17.8 Å². The van der Waals surface area contributed by atoms with Crippen LogP contribution in [-0.4, -0.2) is 36.8 Å². The SMILES string of the molecule is CCCCCCCCC#Cc1ccccc1-c1ccc2c(c1)N(C)[C@@H](C(C)C)C(=O)NC(CO)C2.